The Labute approximate surface area is 128 Å². The number of likely N-dealkylation sites (N-methyl/N-ethyl adjacent to an activating group) is 1. The summed E-state index contributed by atoms with van der Waals surface area (Å²) in [6, 6.07) is 6.41. The van der Waals surface area contributed by atoms with E-state index in [0.717, 1.165) is 16.5 Å². The van der Waals surface area contributed by atoms with Gasteiger partial charge >= 0.3 is 0 Å². The molecule has 108 valence electrons. The molecular weight excluding hydrogens is 318 g/mol. The molecule has 0 saturated carbocycles. The van der Waals surface area contributed by atoms with Gasteiger partial charge in [-0.05, 0) is 32.0 Å². The monoisotopic (exact) mass is 337 g/mol. The highest BCUT2D eigenvalue weighted by atomic mass is 79.9. The molecule has 20 heavy (non-hydrogen) atoms. The van der Waals surface area contributed by atoms with Gasteiger partial charge in [-0.1, -0.05) is 47.1 Å². The molecule has 1 N–H and O–H groups in total. The van der Waals surface area contributed by atoms with Gasteiger partial charge in [0.25, 0.3) is 0 Å². The van der Waals surface area contributed by atoms with Crippen molar-refractivity contribution in [1.82, 2.24) is 15.5 Å². The molecule has 1 aromatic carbocycles. The molecule has 1 aromatic heterocycles. The summed E-state index contributed by atoms with van der Waals surface area (Å²) in [7, 11) is 1.96. The number of halogens is 1. The lowest BCUT2D eigenvalue weighted by Gasteiger charge is -2.18. The molecule has 5 heteroatoms. The van der Waals surface area contributed by atoms with Crippen molar-refractivity contribution in [2.24, 2.45) is 0 Å². The van der Waals surface area contributed by atoms with Crippen molar-refractivity contribution in [2.45, 2.75) is 39.2 Å². The second kappa shape index (κ2) is 6.50. The maximum Gasteiger partial charge on any atom is 0.231 e. The van der Waals surface area contributed by atoms with Gasteiger partial charge in [-0.2, -0.15) is 4.98 Å². The summed E-state index contributed by atoms with van der Waals surface area (Å²) in [5, 5.41) is 7.37. The Balaban J connectivity index is 2.26. The zero-order valence-corrected chi connectivity index (χ0v) is 13.9. The lowest BCUT2D eigenvalue weighted by atomic mass is 10.00. The molecule has 0 aliphatic heterocycles. The molecule has 0 spiro atoms. The average Bonchev–Trinajstić information content (AvgIpc) is 2.93. The topological polar surface area (TPSA) is 51.0 Å². The highest BCUT2D eigenvalue weighted by Crippen LogP contribution is 2.26. The minimum Gasteiger partial charge on any atom is -0.339 e. The Morgan fingerprint density at radius 3 is 2.75 bits per heavy atom. The van der Waals surface area contributed by atoms with Gasteiger partial charge in [-0.3, -0.25) is 0 Å². The molecule has 0 aliphatic rings. The van der Waals surface area contributed by atoms with Crippen LogP contribution in [-0.2, 0) is 0 Å². The summed E-state index contributed by atoms with van der Waals surface area (Å²) in [5.41, 5.74) is 2.15. The quantitative estimate of drug-likeness (QED) is 0.898. The van der Waals surface area contributed by atoms with Gasteiger partial charge < -0.3 is 9.84 Å². The van der Waals surface area contributed by atoms with Crippen LogP contribution in [0.15, 0.2) is 27.2 Å². The van der Waals surface area contributed by atoms with Crippen LogP contribution in [-0.4, -0.2) is 23.2 Å². The summed E-state index contributed by atoms with van der Waals surface area (Å²) in [5.74, 6) is 1.51. The zero-order valence-electron chi connectivity index (χ0n) is 12.3. The lowest BCUT2D eigenvalue weighted by molar-refractivity contribution is 0.326. The Bertz CT molecular complexity index is 578. The molecular formula is C15H20BrN3O. The van der Waals surface area contributed by atoms with Crippen LogP contribution >= 0.6 is 15.9 Å². The summed E-state index contributed by atoms with van der Waals surface area (Å²) in [6.07, 6.45) is 1.02. The van der Waals surface area contributed by atoms with Crippen molar-refractivity contribution in [3.05, 3.63) is 34.1 Å². The molecule has 4 nitrogen and oxygen atoms in total. The minimum absolute atomic E-state index is 0.195. The van der Waals surface area contributed by atoms with Gasteiger partial charge in [0.05, 0.1) is 5.92 Å². The molecule has 1 heterocycles. The van der Waals surface area contributed by atoms with E-state index in [0.29, 0.717) is 17.8 Å². The van der Waals surface area contributed by atoms with Gasteiger partial charge in [0.2, 0.25) is 11.7 Å². The van der Waals surface area contributed by atoms with E-state index >= 15 is 0 Å². The minimum atomic E-state index is 0.195. The molecule has 2 atom stereocenters. The first-order valence-corrected chi connectivity index (χ1v) is 7.63. The fourth-order valence-corrected chi connectivity index (χ4v) is 2.63. The van der Waals surface area contributed by atoms with Crippen LogP contribution in [0.1, 0.15) is 37.6 Å². The number of nitrogens with one attached hydrogen (secondary N) is 1. The fourth-order valence-electron chi connectivity index (χ4n) is 2.25. The predicted molar refractivity (Wildman–Crippen MR) is 83.7 cm³/mol. The largest absolute Gasteiger partial charge is 0.339 e. The molecule has 0 radical (unpaired) electrons. The Morgan fingerprint density at radius 1 is 1.40 bits per heavy atom. The van der Waals surface area contributed by atoms with Gasteiger partial charge in [-0.25, -0.2) is 0 Å². The molecule has 0 bridgehead atoms. The molecule has 2 unspecified atom stereocenters. The van der Waals surface area contributed by atoms with Crippen molar-refractivity contribution < 1.29 is 4.52 Å². The predicted octanol–water partition coefficient (Wildman–Crippen LogP) is 3.91. The second-order valence-electron chi connectivity index (χ2n) is 5.01. The summed E-state index contributed by atoms with van der Waals surface area (Å²) >= 11 is 3.53. The van der Waals surface area contributed by atoms with Crippen LogP contribution in [0.25, 0.3) is 11.4 Å². The molecule has 0 saturated heterocycles. The van der Waals surface area contributed by atoms with E-state index in [-0.39, 0.29) is 5.92 Å². The number of nitrogens with zero attached hydrogens (tertiary/aromatic N) is 2. The molecule has 0 aliphatic carbocycles. The van der Waals surface area contributed by atoms with Crippen molar-refractivity contribution in [1.29, 1.82) is 0 Å². The summed E-state index contributed by atoms with van der Waals surface area (Å²) in [6.45, 7) is 6.30. The third-order valence-electron chi connectivity index (χ3n) is 3.68. The van der Waals surface area contributed by atoms with Crippen LogP contribution in [0.3, 0.4) is 0 Å². The zero-order chi connectivity index (χ0) is 14.7. The second-order valence-corrected chi connectivity index (χ2v) is 5.87. The fraction of sp³-hybridized carbons (Fsp3) is 0.467. The molecule has 0 amide bonds. The van der Waals surface area contributed by atoms with Crippen LogP contribution < -0.4 is 5.32 Å². The normalized spacial score (nSPS) is 14.2. The van der Waals surface area contributed by atoms with Crippen molar-refractivity contribution >= 4 is 15.9 Å². The first-order chi connectivity index (χ1) is 9.56. The van der Waals surface area contributed by atoms with Crippen LogP contribution in [0.2, 0.25) is 0 Å². The van der Waals surface area contributed by atoms with Crippen LogP contribution in [0.5, 0.6) is 0 Å². The smallest absolute Gasteiger partial charge is 0.231 e. The third kappa shape index (κ3) is 3.10. The van der Waals surface area contributed by atoms with E-state index < -0.39 is 0 Å². The molecule has 0 fully saturated rings. The van der Waals surface area contributed by atoms with E-state index in [9.17, 15) is 0 Å². The molecule has 2 aromatic rings. The summed E-state index contributed by atoms with van der Waals surface area (Å²) < 4.78 is 6.47. The Morgan fingerprint density at radius 2 is 2.15 bits per heavy atom. The van der Waals surface area contributed by atoms with E-state index in [2.05, 4.69) is 52.2 Å². The summed E-state index contributed by atoms with van der Waals surface area (Å²) in [4.78, 5) is 4.53. The van der Waals surface area contributed by atoms with Crippen LogP contribution in [0.4, 0.5) is 0 Å². The third-order valence-corrected chi connectivity index (χ3v) is 4.53. The number of benzene rings is 1. The number of rotatable bonds is 5. The van der Waals surface area contributed by atoms with E-state index in [1.165, 1.54) is 5.56 Å². The van der Waals surface area contributed by atoms with Crippen molar-refractivity contribution in [2.75, 3.05) is 7.05 Å². The lowest BCUT2D eigenvalue weighted by Crippen LogP contribution is -2.30. The maximum absolute atomic E-state index is 5.42. The van der Waals surface area contributed by atoms with E-state index in [4.69, 9.17) is 4.52 Å². The number of hydrogen-bond acceptors (Lipinski definition) is 4. The van der Waals surface area contributed by atoms with E-state index in [1.807, 2.05) is 25.2 Å². The Kier molecular flexibility index (Phi) is 4.94. The van der Waals surface area contributed by atoms with Gasteiger partial charge in [0.1, 0.15) is 0 Å². The van der Waals surface area contributed by atoms with Gasteiger partial charge in [0, 0.05) is 16.1 Å². The SMILES string of the molecule is CCC(NC)C(C)c1nc(-c2ccc(C)c(Br)c2)no1. The van der Waals surface area contributed by atoms with Crippen molar-refractivity contribution in [3.8, 4) is 11.4 Å². The van der Waals surface area contributed by atoms with E-state index in [1.54, 1.807) is 0 Å². The number of hydrogen-bond donors (Lipinski definition) is 1. The van der Waals surface area contributed by atoms with Gasteiger partial charge in [-0.15, -0.1) is 0 Å². The standard InChI is InChI=1S/C15H20BrN3O/c1-5-13(17-4)10(3)15-18-14(19-20-15)11-7-6-9(2)12(16)8-11/h6-8,10,13,17H,5H2,1-4H3. The van der Waals surface area contributed by atoms with Crippen molar-refractivity contribution in [3.63, 3.8) is 0 Å². The number of aryl methyl sites for hydroxylation is 1. The first kappa shape index (κ1) is 15.2. The molecule has 2 rings (SSSR count). The highest BCUT2D eigenvalue weighted by molar-refractivity contribution is 9.10. The Hall–Kier alpha value is -1.20. The first-order valence-electron chi connectivity index (χ1n) is 6.84. The van der Waals surface area contributed by atoms with Crippen LogP contribution in [0, 0.1) is 6.92 Å². The average molecular weight is 338 g/mol. The highest BCUT2D eigenvalue weighted by Gasteiger charge is 2.22. The maximum atomic E-state index is 5.42. The number of aromatic nitrogens is 2. The van der Waals surface area contributed by atoms with Gasteiger partial charge in [0.15, 0.2) is 0 Å².